The molecule has 1 aliphatic heterocycles. The summed E-state index contributed by atoms with van der Waals surface area (Å²) in [6.45, 7) is 0.848. The molecular formula is C18H20N2O6. The van der Waals surface area contributed by atoms with Crippen molar-refractivity contribution < 1.29 is 23.5 Å². The summed E-state index contributed by atoms with van der Waals surface area (Å²) in [4.78, 5) is 36.0. The zero-order chi connectivity index (χ0) is 18.7. The molecule has 3 N–H and O–H groups in total. The molecule has 0 aliphatic carbocycles. The second-order valence-corrected chi connectivity index (χ2v) is 6.18. The lowest BCUT2D eigenvalue weighted by atomic mass is 10.0. The smallest absolute Gasteiger partial charge is 0.336 e. The van der Waals surface area contributed by atoms with E-state index < -0.39 is 17.6 Å². The van der Waals surface area contributed by atoms with Gasteiger partial charge in [0.15, 0.2) is 0 Å². The first kappa shape index (κ1) is 17.9. The fraction of sp³-hybridized carbons (Fsp3) is 0.389. The molecule has 3 rings (SSSR count). The third-order valence-corrected chi connectivity index (χ3v) is 4.42. The zero-order valence-corrected chi connectivity index (χ0v) is 14.3. The number of carbonyl (C=O) groups is 2. The molecule has 2 aromatic rings. The Morgan fingerprint density at radius 1 is 1.38 bits per heavy atom. The Balaban J connectivity index is 1.87. The van der Waals surface area contributed by atoms with Crippen LogP contribution in [-0.2, 0) is 20.7 Å². The minimum atomic E-state index is -0.935. The van der Waals surface area contributed by atoms with E-state index in [2.05, 4.69) is 5.32 Å². The monoisotopic (exact) mass is 360 g/mol. The maximum Gasteiger partial charge on any atom is 0.336 e. The SMILES string of the molecule is COc1ccc2c(C[C@@H](NC(=O)[C@H]3CCOC3)C(N)=O)cc(=O)oc2c1. The van der Waals surface area contributed by atoms with Gasteiger partial charge in [0.2, 0.25) is 11.8 Å². The van der Waals surface area contributed by atoms with Gasteiger partial charge < -0.3 is 24.9 Å². The van der Waals surface area contributed by atoms with Gasteiger partial charge in [0.05, 0.1) is 19.6 Å². The number of nitrogens with one attached hydrogen (secondary N) is 1. The summed E-state index contributed by atoms with van der Waals surface area (Å²) in [7, 11) is 1.51. The molecule has 0 spiro atoms. The standard InChI is InChI=1S/C18H20N2O6/c1-24-12-2-3-13-11(7-16(21)26-15(13)8-12)6-14(17(19)22)20-18(23)10-4-5-25-9-10/h2-3,7-8,10,14H,4-6,9H2,1H3,(H2,19,22)(H,20,23)/t10-,14+/m0/s1. The summed E-state index contributed by atoms with van der Waals surface area (Å²) in [5, 5.41) is 3.31. The number of nitrogens with two attached hydrogens (primary N) is 1. The minimum Gasteiger partial charge on any atom is -0.497 e. The van der Waals surface area contributed by atoms with Gasteiger partial charge in [0, 0.05) is 30.5 Å². The van der Waals surface area contributed by atoms with Gasteiger partial charge in [-0.2, -0.15) is 0 Å². The summed E-state index contributed by atoms with van der Waals surface area (Å²) in [6, 6.07) is 5.41. The van der Waals surface area contributed by atoms with Gasteiger partial charge in [-0.3, -0.25) is 9.59 Å². The van der Waals surface area contributed by atoms with Gasteiger partial charge in [-0.15, -0.1) is 0 Å². The molecular weight excluding hydrogens is 340 g/mol. The predicted octanol–water partition coefficient (Wildman–Crippen LogP) is 0.351. The van der Waals surface area contributed by atoms with E-state index in [1.165, 1.54) is 13.2 Å². The molecule has 8 nitrogen and oxygen atoms in total. The zero-order valence-electron chi connectivity index (χ0n) is 14.3. The Kier molecular flexibility index (Phi) is 5.22. The average Bonchev–Trinajstić information content (AvgIpc) is 3.14. The van der Waals surface area contributed by atoms with Crippen LogP contribution < -0.4 is 21.4 Å². The highest BCUT2D eigenvalue weighted by Crippen LogP contribution is 2.23. The molecule has 2 amide bonds. The van der Waals surface area contributed by atoms with Crippen molar-refractivity contribution >= 4 is 22.8 Å². The van der Waals surface area contributed by atoms with Crippen molar-refractivity contribution in [1.29, 1.82) is 0 Å². The molecule has 0 saturated carbocycles. The van der Waals surface area contributed by atoms with Crippen LogP contribution in [0, 0.1) is 5.92 Å². The average molecular weight is 360 g/mol. The molecule has 8 heteroatoms. The maximum atomic E-state index is 12.3. The fourth-order valence-corrected chi connectivity index (χ4v) is 2.98. The van der Waals surface area contributed by atoms with E-state index in [4.69, 9.17) is 19.6 Å². The van der Waals surface area contributed by atoms with Gasteiger partial charge in [-0.25, -0.2) is 4.79 Å². The molecule has 0 unspecified atom stereocenters. The lowest BCUT2D eigenvalue weighted by Gasteiger charge is -2.18. The van der Waals surface area contributed by atoms with E-state index in [0.29, 0.717) is 41.9 Å². The van der Waals surface area contributed by atoms with E-state index in [0.717, 1.165) is 0 Å². The Hall–Kier alpha value is -2.87. The van der Waals surface area contributed by atoms with Crippen LogP contribution in [0.1, 0.15) is 12.0 Å². The summed E-state index contributed by atoms with van der Waals surface area (Å²) in [6.07, 6.45) is 0.693. The quantitative estimate of drug-likeness (QED) is 0.717. The Bertz CT molecular complexity index is 885. The van der Waals surface area contributed by atoms with Crippen molar-refractivity contribution in [3.63, 3.8) is 0 Å². The minimum absolute atomic E-state index is 0.0864. The van der Waals surface area contributed by atoms with Crippen molar-refractivity contribution in [2.24, 2.45) is 11.7 Å². The third kappa shape index (κ3) is 3.85. The number of carbonyl (C=O) groups excluding carboxylic acids is 2. The predicted molar refractivity (Wildman–Crippen MR) is 92.8 cm³/mol. The highest BCUT2D eigenvalue weighted by atomic mass is 16.5. The lowest BCUT2D eigenvalue weighted by Crippen LogP contribution is -2.48. The van der Waals surface area contributed by atoms with Crippen LogP contribution in [0.15, 0.2) is 33.5 Å². The molecule has 26 heavy (non-hydrogen) atoms. The first-order valence-electron chi connectivity index (χ1n) is 8.26. The summed E-state index contributed by atoms with van der Waals surface area (Å²) in [5.74, 6) is -0.704. The van der Waals surface area contributed by atoms with Crippen LogP contribution in [0.5, 0.6) is 5.75 Å². The molecule has 1 aliphatic rings. The number of methoxy groups -OCH3 is 1. The molecule has 0 bridgehead atoms. The van der Waals surface area contributed by atoms with Crippen LogP contribution in [0.4, 0.5) is 0 Å². The number of hydrogen-bond acceptors (Lipinski definition) is 6. The summed E-state index contributed by atoms with van der Waals surface area (Å²) in [5.41, 5.74) is 5.80. The van der Waals surface area contributed by atoms with Crippen LogP contribution in [0.3, 0.4) is 0 Å². The summed E-state index contributed by atoms with van der Waals surface area (Å²) >= 11 is 0. The van der Waals surface area contributed by atoms with E-state index in [9.17, 15) is 14.4 Å². The highest BCUT2D eigenvalue weighted by molar-refractivity contribution is 5.89. The molecule has 138 valence electrons. The number of rotatable bonds is 6. The molecule has 0 radical (unpaired) electrons. The van der Waals surface area contributed by atoms with E-state index in [1.54, 1.807) is 18.2 Å². The van der Waals surface area contributed by atoms with Gasteiger partial charge >= 0.3 is 5.63 Å². The van der Waals surface area contributed by atoms with E-state index >= 15 is 0 Å². The third-order valence-electron chi connectivity index (χ3n) is 4.42. The van der Waals surface area contributed by atoms with Crippen LogP contribution >= 0.6 is 0 Å². The number of hydrogen-bond donors (Lipinski definition) is 2. The number of ether oxygens (including phenoxy) is 2. The Morgan fingerprint density at radius 2 is 2.19 bits per heavy atom. The highest BCUT2D eigenvalue weighted by Gasteiger charge is 2.28. The van der Waals surface area contributed by atoms with E-state index in [1.807, 2.05) is 0 Å². The largest absolute Gasteiger partial charge is 0.497 e. The van der Waals surface area contributed by atoms with Crippen molar-refractivity contribution in [3.05, 3.63) is 40.2 Å². The van der Waals surface area contributed by atoms with Crippen LogP contribution in [-0.4, -0.2) is 38.2 Å². The van der Waals surface area contributed by atoms with Crippen molar-refractivity contribution in [1.82, 2.24) is 5.32 Å². The van der Waals surface area contributed by atoms with Gasteiger partial charge in [0.1, 0.15) is 17.4 Å². The van der Waals surface area contributed by atoms with Gasteiger partial charge in [-0.1, -0.05) is 0 Å². The van der Waals surface area contributed by atoms with Gasteiger partial charge in [-0.05, 0) is 24.1 Å². The Labute approximate surface area is 149 Å². The Morgan fingerprint density at radius 3 is 2.85 bits per heavy atom. The topological polar surface area (TPSA) is 121 Å². The first-order valence-corrected chi connectivity index (χ1v) is 8.26. The molecule has 2 atom stereocenters. The van der Waals surface area contributed by atoms with Gasteiger partial charge in [0.25, 0.3) is 0 Å². The second kappa shape index (κ2) is 7.57. The van der Waals surface area contributed by atoms with Crippen molar-refractivity contribution in [2.75, 3.05) is 20.3 Å². The number of benzene rings is 1. The lowest BCUT2D eigenvalue weighted by molar-refractivity contribution is -0.129. The van der Waals surface area contributed by atoms with Crippen molar-refractivity contribution in [3.8, 4) is 5.75 Å². The number of fused-ring (bicyclic) bond motifs is 1. The van der Waals surface area contributed by atoms with Crippen LogP contribution in [0.2, 0.25) is 0 Å². The summed E-state index contributed by atoms with van der Waals surface area (Å²) < 4.78 is 15.5. The van der Waals surface area contributed by atoms with Crippen LogP contribution in [0.25, 0.3) is 11.0 Å². The number of amides is 2. The second-order valence-electron chi connectivity index (χ2n) is 6.18. The normalized spacial score (nSPS) is 17.8. The molecule has 1 saturated heterocycles. The first-order chi connectivity index (χ1) is 12.5. The molecule has 1 fully saturated rings. The molecule has 1 aromatic heterocycles. The van der Waals surface area contributed by atoms with E-state index in [-0.39, 0.29) is 18.2 Å². The molecule has 2 heterocycles. The number of primary amides is 1. The van der Waals surface area contributed by atoms with Crippen molar-refractivity contribution in [2.45, 2.75) is 18.9 Å². The molecule has 1 aromatic carbocycles. The maximum absolute atomic E-state index is 12.3. The fourth-order valence-electron chi connectivity index (χ4n) is 2.98.